The molecule has 0 spiro atoms. The predicted molar refractivity (Wildman–Crippen MR) is 114 cm³/mol. The van der Waals surface area contributed by atoms with Crippen molar-refractivity contribution in [1.29, 1.82) is 0 Å². The van der Waals surface area contributed by atoms with Crippen molar-refractivity contribution in [3.05, 3.63) is 78.8 Å². The molecule has 0 amide bonds. The van der Waals surface area contributed by atoms with Gasteiger partial charge in [0.25, 0.3) is 0 Å². The summed E-state index contributed by atoms with van der Waals surface area (Å²) < 4.78 is 2.19. The van der Waals surface area contributed by atoms with Crippen LogP contribution in [0.1, 0.15) is 19.7 Å². The van der Waals surface area contributed by atoms with E-state index in [-0.39, 0.29) is 0 Å². The van der Waals surface area contributed by atoms with Crippen LogP contribution in [-0.4, -0.2) is 19.7 Å². The van der Waals surface area contributed by atoms with Gasteiger partial charge in [0, 0.05) is 23.9 Å². The van der Waals surface area contributed by atoms with E-state index < -0.39 is 0 Å². The van der Waals surface area contributed by atoms with Crippen LogP contribution in [-0.2, 0) is 6.54 Å². The van der Waals surface area contributed by atoms with Crippen molar-refractivity contribution in [2.24, 2.45) is 5.92 Å². The smallest absolute Gasteiger partial charge is 0.166 e. The third kappa shape index (κ3) is 3.46. The second kappa shape index (κ2) is 7.77. The van der Waals surface area contributed by atoms with Crippen LogP contribution < -0.4 is 0 Å². The van der Waals surface area contributed by atoms with E-state index >= 15 is 0 Å². The van der Waals surface area contributed by atoms with Gasteiger partial charge in [0.05, 0.1) is 5.69 Å². The van der Waals surface area contributed by atoms with E-state index in [1.54, 1.807) is 0 Å². The standard InChI is InChI=1S/C24H24N4/c1-17(2)16-28-18(3)26-27-24(28)22-14-9-15-25-23(22)21-13-8-7-12-20(21)19-10-5-4-6-11-19/h4-15,17H,16H2,1-3H3. The molecule has 0 aliphatic rings. The summed E-state index contributed by atoms with van der Waals surface area (Å²) in [5, 5.41) is 8.85. The SMILES string of the molecule is Cc1nnc(-c2cccnc2-c2ccccc2-c2ccccc2)n1CC(C)C. The van der Waals surface area contributed by atoms with E-state index in [1.165, 1.54) is 5.56 Å². The Hall–Kier alpha value is -3.27. The van der Waals surface area contributed by atoms with Crippen LogP contribution in [0.4, 0.5) is 0 Å². The molecule has 0 aliphatic heterocycles. The van der Waals surface area contributed by atoms with Gasteiger partial charge in [0.1, 0.15) is 5.82 Å². The third-order valence-corrected chi connectivity index (χ3v) is 4.80. The molecule has 0 saturated carbocycles. The second-order valence-electron chi connectivity index (χ2n) is 7.39. The summed E-state index contributed by atoms with van der Waals surface area (Å²) >= 11 is 0. The molecule has 2 heterocycles. The minimum absolute atomic E-state index is 0.505. The molecule has 0 fully saturated rings. The van der Waals surface area contributed by atoms with E-state index in [1.807, 2.05) is 25.3 Å². The summed E-state index contributed by atoms with van der Waals surface area (Å²) in [4.78, 5) is 4.76. The first kappa shape index (κ1) is 18.1. The van der Waals surface area contributed by atoms with Gasteiger partial charge in [-0.05, 0) is 36.1 Å². The Bertz CT molecular complexity index is 1080. The predicted octanol–water partition coefficient (Wildman–Crippen LogP) is 5.64. The quantitative estimate of drug-likeness (QED) is 0.458. The molecule has 0 saturated heterocycles. The first-order valence-electron chi connectivity index (χ1n) is 9.65. The molecule has 0 atom stereocenters. The van der Waals surface area contributed by atoms with Gasteiger partial charge in [-0.15, -0.1) is 10.2 Å². The molecular weight excluding hydrogens is 344 g/mol. The van der Waals surface area contributed by atoms with Gasteiger partial charge in [-0.25, -0.2) is 0 Å². The molecular formula is C24H24N4. The summed E-state index contributed by atoms with van der Waals surface area (Å²) in [7, 11) is 0. The van der Waals surface area contributed by atoms with Crippen molar-refractivity contribution in [2.75, 3.05) is 0 Å². The van der Waals surface area contributed by atoms with Gasteiger partial charge < -0.3 is 4.57 Å². The molecule has 0 radical (unpaired) electrons. The second-order valence-corrected chi connectivity index (χ2v) is 7.39. The van der Waals surface area contributed by atoms with Crippen LogP contribution in [0, 0.1) is 12.8 Å². The number of pyridine rings is 1. The maximum absolute atomic E-state index is 4.76. The van der Waals surface area contributed by atoms with Crippen LogP contribution >= 0.6 is 0 Å². The highest BCUT2D eigenvalue weighted by atomic mass is 15.3. The highest BCUT2D eigenvalue weighted by Crippen LogP contribution is 2.36. The first-order chi connectivity index (χ1) is 13.6. The zero-order valence-corrected chi connectivity index (χ0v) is 16.5. The minimum atomic E-state index is 0.505. The Morgan fingerprint density at radius 1 is 0.786 bits per heavy atom. The number of rotatable bonds is 5. The average Bonchev–Trinajstić information content (AvgIpc) is 3.08. The van der Waals surface area contributed by atoms with Gasteiger partial charge in [-0.3, -0.25) is 4.98 Å². The number of hydrogen-bond donors (Lipinski definition) is 0. The highest BCUT2D eigenvalue weighted by molar-refractivity contribution is 5.88. The summed E-state index contributed by atoms with van der Waals surface area (Å²) in [6.07, 6.45) is 1.84. The van der Waals surface area contributed by atoms with E-state index in [4.69, 9.17) is 4.98 Å². The maximum Gasteiger partial charge on any atom is 0.166 e. The Balaban J connectivity index is 1.91. The molecule has 0 aliphatic carbocycles. The van der Waals surface area contributed by atoms with Crippen molar-refractivity contribution in [1.82, 2.24) is 19.7 Å². The van der Waals surface area contributed by atoms with Crippen LogP contribution in [0.15, 0.2) is 72.9 Å². The Kier molecular flexibility index (Phi) is 5.02. The monoisotopic (exact) mass is 368 g/mol. The molecule has 140 valence electrons. The van der Waals surface area contributed by atoms with Crippen molar-refractivity contribution in [3.8, 4) is 33.8 Å². The number of aryl methyl sites for hydroxylation is 1. The maximum atomic E-state index is 4.76. The van der Waals surface area contributed by atoms with E-state index in [9.17, 15) is 0 Å². The fraction of sp³-hybridized carbons (Fsp3) is 0.208. The van der Waals surface area contributed by atoms with E-state index in [2.05, 4.69) is 83.2 Å². The van der Waals surface area contributed by atoms with Crippen molar-refractivity contribution in [2.45, 2.75) is 27.3 Å². The van der Waals surface area contributed by atoms with Crippen molar-refractivity contribution < 1.29 is 0 Å². The van der Waals surface area contributed by atoms with Crippen LogP contribution in [0.3, 0.4) is 0 Å². The molecule has 0 unspecified atom stereocenters. The third-order valence-electron chi connectivity index (χ3n) is 4.80. The van der Waals surface area contributed by atoms with Gasteiger partial charge >= 0.3 is 0 Å². The van der Waals surface area contributed by atoms with E-state index in [0.29, 0.717) is 5.92 Å². The van der Waals surface area contributed by atoms with Crippen molar-refractivity contribution in [3.63, 3.8) is 0 Å². The molecule has 2 aromatic heterocycles. The largest absolute Gasteiger partial charge is 0.311 e. The molecule has 2 aromatic carbocycles. The Morgan fingerprint density at radius 3 is 2.21 bits per heavy atom. The Labute approximate surface area is 165 Å². The summed E-state index contributed by atoms with van der Waals surface area (Å²) in [6.45, 7) is 7.30. The molecule has 0 bridgehead atoms. The molecule has 4 nitrogen and oxygen atoms in total. The number of aromatic nitrogens is 4. The van der Waals surface area contributed by atoms with Crippen LogP contribution in [0.2, 0.25) is 0 Å². The zero-order valence-electron chi connectivity index (χ0n) is 16.5. The normalized spacial score (nSPS) is 11.1. The summed E-state index contributed by atoms with van der Waals surface area (Å²) in [5.74, 6) is 2.30. The fourth-order valence-electron chi connectivity index (χ4n) is 3.52. The first-order valence-corrected chi connectivity index (χ1v) is 9.65. The van der Waals surface area contributed by atoms with E-state index in [0.717, 1.165) is 40.6 Å². The lowest BCUT2D eigenvalue weighted by Gasteiger charge is -2.15. The molecule has 4 rings (SSSR count). The molecule has 4 heteroatoms. The van der Waals surface area contributed by atoms with Gasteiger partial charge in [0.2, 0.25) is 0 Å². The lowest BCUT2D eigenvalue weighted by Crippen LogP contribution is -2.08. The zero-order chi connectivity index (χ0) is 19.5. The van der Waals surface area contributed by atoms with Crippen LogP contribution in [0.5, 0.6) is 0 Å². The fourth-order valence-corrected chi connectivity index (χ4v) is 3.52. The minimum Gasteiger partial charge on any atom is -0.311 e. The van der Waals surface area contributed by atoms with Gasteiger partial charge in [-0.2, -0.15) is 0 Å². The topological polar surface area (TPSA) is 43.6 Å². The number of hydrogen-bond acceptors (Lipinski definition) is 3. The number of nitrogens with zero attached hydrogens (tertiary/aromatic N) is 4. The molecule has 4 aromatic rings. The Morgan fingerprint density at radius 2 is 1.46 bits per heavy atom. The average molecular weight is 368 g/mol. The lowest BCUT2D eigenvalue weighted by atomic mass is 9.95. The molecule has 0 N–H and O–H groups in total. The van der Waals surface area contributed by atoms with Crippen LogP contribution in [0.25, 0.3) is 33.8 Å². The summed E-state index contributed by atoms with van der Waals surface area (Å²) in [6, 6.07) is 22.9. The number of benzene rings is 2. The lowest BCUT2D eigenvalue weighted by molar-refractivity contribution is 0.517. The van der Waals surface area contributed by atoms with Gasteiger partial charge in [-0.1, -0.05) is 68.4 Å². The summed E-state index contributed by atoms with van der Waals surface area (Å²) in [5.41, 5.74) is 5.37. The highest BCUT2D eigenvalue weighted by Gasteiger charge is 2.19. The molecule has 28 heavy (non-hydrogen) atoms. The van der Waals surface area contributed by atoms with Crippen molar-refractivity contribution >= 4 is 0 Å². The van der Waals surface area contributed by atoms with Gasteiger partial charge in [0.15, 0.2) is 5.82 Å².